The van der Waals surface area contributed by atoms with Gasteiger partial charge < -0.3 is 4.74 Å². The first kappa shape index (κ1) is 14.6. The van der Waals surface area contributed by atoms with Gasteiger partial charge in [0.1, 0.15) is 5.75 Å². The molecule has 6 heteroatoms. The molecule has 0 radical (unpaired) electrons. The number of Topliss-reactive ketones (excluding diaryl/α,β-unsaturated/α-hetero) is 1. The average molecular weight is 308 g/mol. The van der Waals surface area contributed by atoms with E-state index in [4.69, 9.17) is 4.74 Å². The van der Waals surface area contributed by atoms with Gasteiger partial charge in [0.25, 0.3) is 0 Å². The van der Waals surface area contributed by atoms with Gasteiger partial charge >= 0.3 is 5.69 Å². The Morgan fingerprint density at radius 3 is 2.74 bits per heavy atom. The molecule has 23 heavy (non-hydrogen) atoms. The predicted molar refractivity (Wildman–Crippen MR) is 84.9 cm³/mol. The molecule has 0 unspecified atom stereocenters. The first-order valence-electron chi connectivity index (χ1n) is 6.86. The van der Waals surface area contributed by atoms with Crippen molar-refractivity contribution in [1.29, 1.82) is 0 Å². The van der Waals surface area contributed by atoms with Crippen LogP contribution in [0.15, 0.2) is 54.7 Å². The molecule has 3 rings (SSSR count). The molecule has 0 fully saturated rings. The van der Waals surface area contributed by atoms with Crippen molar-refractivity contribution < 1.29 is 14.5 Å². The first-order valence-corrected chi connectivity index (χ1v) is 6.86. The minimum Gasteiger partial charge on any atom is -0.450 e. The quantitative estimate of drug-likeness (QED) is 0.411. The average Bonchev–Trinajstić information content (AvgIpc) is 2.54. The topological polar surface area (TPSA) is 82.3 Å². The molecule has 3 aromatic rings. The summed E-state index contributed by atoms with van der Waals surface area (Å²) in [4.78, 5) is 26.2. The van der Waals surface area contributed by atoms with Crippen molar-refractivity contribution in [3.05, 3.63) is 70.4 Å². The van der Waals surface area contributed by atoms with Crippen molar-refractivity contribution in [3.63, 3.8) is 0 Å². The summed E-state index contributed by atoms with van der Waals surface area (Å²) < 4.78 is 5.63. The Morgan fingerprint density at radius 1 is 1.17 bits per heavy atom. The number of hydrogen-bond acceptors (Lipinski definition) is 5. The molecule has 0 saturated carbocycles. The van der Waals surface area contributed by atoms with Crippen LogP contribution in [0, 0.1) is 10.1 Å². The van der Waals surface area contributed by atoms with Crippen molar-refractivity contribution in [2.24, 2.45) is 0 Å². The largest absolute Gasteiger partial charge is 0.450 e. The van der Waals surface area contributed by atoms with E-state index in [1.54, 1.807) is 30.5 Å². The third-order valence-corrected chi connectivity index (χ3v) is 3.36. The maximum absolute atomic E-state index is 11.4. The fourth-order valence-corrected chi connectivity index (χ4v) is 2.21. The molecular formula is C17H12N2O4. The number of nitrogens with zero attached hydrogens (tertiary/aromatic N) is 2. The number of carbonyl (C=O) groups is 1. The van der Waals surface area contributed by atoms with E-state index in [1.165, 1.54) is 25.1 Å². The van der Waals surface area contributed by atoms with E-state index in [2.05, 4.69) is 4.98 Å². The van der Waals surface area contributed by atoms with Crippen LogP contribution in [0.2, 0.25) is 0 Å². The van der Waals surface area contributed by atoms with Gasteiger partial charge in [0.15, 0.2) is 5.78 Å². The van der Waals surface area contributed by atoms with Crippen molar-refractivity contribution in [2.75, 3.05) is 0 Å². The van der Waals surface area contributed by atoms with Gasteiger partial charge in [0.05, 0.1) is 10.4 Å². The van der Waals surface area contributed by atoms with Gasteiger partial charge in [-0.3, -0.25) is 19.9 Å². The Bertz CT molecular complexity index is 921. The Balaban J connectivity index is 2.00. The predicted octanol–water partition coefficient (Wildman–Crippen LogP) is 4.14. The van der Waals surface area contributed by atoms with Crippen LogP contribution in [0.4, 0.5) is 5.69 Å². The number of fused-ring (bicyclic) bond motifs is 1. The fourth-order valence-electron chi connectivity index (χ4n) is 2.21. The summed E-state index contributed by atoms with van der Waals surface area (Å²) in [6.45, 7) is 1.36. The highest BCUT2D eigenvalue weighted by Gasteiger charge is 2.18. The number of nitro benzene ring substituents is 1. The molecule has 1 aromatic heterocycles. The molecule has 0 spiro atoms. The fraction of sp³-hybridized carbons (Fsp3) is 0.0588. The number of ketones is 1. The Hall–Kier alpha value is -3.28. The lowest BCUT2D eigenvalue weighted by atomic mass is 10.1. The molecule has 0 aliphatic rings. The lowest BCUT2D eigenvalue weighted by Crippen LogP contribution is -1.98. The zero-order chi connectivity index (χ0) is 16.4. The van der Waals surface area contributed by atoms with Crippen LogP contribution in [-0.2, 0) is 0 Å². The molecule has 0 aliphatic carbocycles. The zero-order valence-electron chi connectivity index (χ0n) is 12.2. The number of aromatic nitrogens is 1. The second-order valence-corrected chi connectivity index (χ2v) is 4.96. The monoisotopic (exact) mass is 308 g/mol. The number of hydrogen-bond donors (Lipinski definition) is 0. The van der Waals surface area contributed by atoms with Gasteiger partial charge in [-0.25, -0.2) is 0 Å². The molecule has 0 atom stereocenters. The second-order valence-electron chi connectivity index (χ2n) is 4.96. The normalized spacial score (nSPS) is 10.5. The Labute approximate surface area is 131 Å². The number of pyridine rings is 1. The Morgan fingerprint density at radius 2 is 2.00 bits per heavy atom. The van der Waals surface area contributed by atoms with Crippen LogP contribution in [0.25, 0.3) is 10.9 Å². The summed E-state index contributed by atoms with van der Waals surface area (Å²) in [5.74, 6) is 0.309. The van der Waals surface area contributed by atoms with Crippen LogP contribution in [-0.4, -0.2) is 15.7 Å². The molecule has 6 nitrogen and oxygen atoms in total. The van der Waals surface area contributed by atoms with E-state index in [-0.39, 0.29) is 22.8 Å². The van der Waals surface area contributed by atoms with Crippen molar-refractivity contribution >= 4 is 22.4 Å². The lowest BCUT2D eigenvalue weighted by molar-refractivity contribution is -0.385. The summed E-state index contributed by atoms with van der Waals surface area (Å²) in [5.41, 5.74) is 0.831. The van der Waals surface area contributed by atoms with Gasteiger partial charge in [-0.2, -0.15) is 0 Å². The van der Waals surface area contributed by atoms with E-state index in [0.717, 1.165) is 10.9 Å². The maximum atomic E-state index is 11.4. The minimum absolute atomic E-state index is 0.0863. The van der Waals surface area contributed by atoms with Gasteiger partial charge in [-0.1, -0.05) is 6.07 Å². The summed E-state index contributed by atoms with van der Waals surface area (Å²) in [7, 11) is 0. The highest BCUT2D eigenvalue weighted by atomic mass is 16.6. The number of ether oxygens (including phenoxy) is 1. The minimum atomic E-state index is -0.565. The third-order valence-electron chi connectivity index (χ3n) is 3.36. The van der Waals surface area contributed by atoms with Crippen LogP contribution < -0.4 is 4.74 Å². The molecule has 0 aliphatic heterocycles. The zero-order valence-corrected chi connectivity index (χ0v) is 12.2. The standard InChI is InChI=1S/C17H12N2O4/c1-11(20)12-4-7-17(16(10-12)19(21)22)23-14-5-6-15-13(9-14)3-2-8-18-15/h2-10H,1H3. The maximum Gasteiger partial charge on any atom is 0.312 e. The lowest BCUT2D eigenvalue weighted by Gasteiger charge is -2.08. The SMILES string of the molecule is CC(=O)c1ccc(Oc2ccc3ncccc3c2)c([N+](=O)[O-])c1. The summed E-state index contributed by atoms with van der Waals surface area (Å²) in [5, 5.41) is 12.1. The third kappa shape index (κ3) is 3.01. The molecule has 0 bridgehead atoms. The van der Waals surface area contributed by atoms with Crippen LogP contribution >= 0.6 is 0 Å². The summed E-state index contributed by atoms with van der Waals surface area (Å²) >= 11 is 0. The first-order chi connectivity index (χ1) is 11.0. The van der Waals surface area contributed by atoms with Gasteiger partial charge in [0, 0.05) is 23.2 Å². The van der Waals surface area contributed by atoms with Crippen LogP contribution in [0.5, 0.6) is 11.5 Å². The molecule has 0 amide bonds. The highest BCUT2D eigenvalue weighted by Crippen LogP contribution is 2.33. The molecule has 2 aromatic carbocycles. The molecule has 114 valence electrons. The molecule has 1 heterocycles. The van der Waals surface area contributed by atoms with Crippen molar-refractivity contribution in [2.45, 2.75) is 6.92 Å². The van der Waals surface area contributed by atoms with Gasteiger partial charge in [-0.05, 0) is 43.3 Å². The van der Waals surface area contributed by atoms with E-state index in [0.29, 0.717) is 5.75 Å². The molecule has 0 saturated heterocycles. The highest BCUT2D eigenvalue weighted by molar-refractivity contribution is 5.95. The van der Waals surface area contributed by atoms with Crippen molar-refractivity contribution in [3.8, 4) is 11.5 Å². The summed E-state index contributed by atoms with van der Waals surface area (Å²) in [6.07, 6.45) is 1.69. The second kappa shape index (κ2) is 5.84. The molecular weight excluding hydrogens is 296 g/mol. The summed E-state index contributed by atoms with van der Waals surface area (Å²) in [6, 6.07) is 13.1. The molecule has 0 N–H and O–H groups in total. The number of rotatable bonds is 4. The number of carbonyl (C=O) groups excluding carboxylic acids is 1. The Kier molecular flexibility index (Phi) is 3.72. The van der Waals surface area contributed by atoms with E-state index in [9.17, 15) is 14.9 Å². The van der Waals surface area contributed by atoms with Crippen LogP contribution in [0.1, 0.15) is 17.3 Å². The number of nitro groups is 1. The van der Waals surface area contributed by atoms with E-state index < -0.39 is 4.92 Å². The van der Waals surface area contributed by atoms with E-state index >= 15 is 0 Å². The van der Waals surface area contributed by atoms with E-state index in [1.807, 2.05) is 6.07 Å². The van der Waals surface area contributed by atoms with Gasteiger partial charge in [-0.15, -0.1) is 0 Å². The van der Waals surface area contributed by atoms with Crippen molar-refractivity contribution in [1.82, 2.24) is 4.98 Å². The van der Waals surface area contributed by atoms with Crippen LogP contribution in [0.3, 0.4) is 0 Å². The smallest absolute Gasteiger partial charge is 0.312 e. The number of benzene rings is 2. The van der Waals surface area contributed by atoms with Gasteiger partial charge in [0.2, 0.25) is 5.75 Å².